The summed E-state index contributed by atoms with van der Waals surface area (Å²) in [7, 11) is -1.61. The van der Waals surface area contributed by atoms with Crippen molar-refractivity contribution < 1.29 is 56.2 Å². The molecule has 0 aromatic carbocycles. The standard InChI is InChI=1S/C3H10OSi.K/c1-5(2,3)4;/h4H,1-3H3;/q;+1. The maximum Gasteiger partial charge on any atom is 1.00 e. The van der Waals surface area contributed by atoms with Crippen LogP contribution >= 0.6 is 0 Å². The average molecular weight is 129 g/mol. The van der Waals surface area contributed by atoms with E-state index in [1.807, 2.05) is 19.6 Å². The summed E-state index contributed by atoms with van der Waals surface area (Å²) < 4.78 is 0. The van der Waals surface area contributed by atoms with Crippen molar-refractivity contribution in [3.8, 4) is 0 Å². The predicted molar refractivity (Wildman–Crippen MR) is 25.6 cm³/mol. The monoisotopic (exact) mass is 129 g/mol. The van der Waals surface area contributed by atoms with Crippen LogP contribution in [0.2, 0.25) is 19.6 Å². The second kappa shape index (κ2) is 3.77. The molecule has 0 bridgehead atoms. The molecule has 3 heteroatoms. The van der Waals surface area contributed by atoms with E-state index in [0.29, 0.717) is 0 Å². The normalized spacial score (nSPS) is 10.0. The van der Waals surface area contributed by atoms with Crippen LogP contribution in [0.5, 0.6) is 0 Å². The molecule has 0 aromatic rings. The van der Waals surface area contributed by atoms with Gasteiger partial charge < -0.3 is 4.80 Å². The first-order chi connectivity index (χ1) is 2.00. The Hall–Kier alpha value is 1.81. The van der Waals surface area contributed by atoms with Crippen LogP contribution < -0.4 is 51.4 Å². The van der Waals surface area contributed by atoms with Crippen LogP contribution in [0, 0.1) is 0 Å². The number of rotatable bonds is 0. The van der Waals surface area contributed by atoms with Crippen molar-refractivity contribution in [3.05, 3.63) is 0 Å². The van der Waals surface area contributed by atoms with Crippen molar-refractivity contribution in [2.45, 2.75) is 19.6 Å². The summed E-state index contributed by atoms with van der Waals surface area (Å²) in [6, 6.07) is 0. The molecule has 0 saturated carbocycles. The summed E-state index contributed by atoms with van der Waals surface area (Å²) in [4.78, 5) is 8.66. The zero-order valence-corrected chi connectivity index (χ0v) is 9.07. The van der Waals surface area contributed by atoms with Crippen molar-refractivity contribution in [2.24, 2.45) is 0 Å². The number of hydrogen-bond donors (Lipinski definition) is 1. The van der Waals surface area contributed by atoms with Crippen LogP contribution in [0.1, 0.15) is 0 Å². The van der Waals surface area contributed by atoms with Gasteiger partial charge in [-0.15, -0.1) is 0 Å². The van der Waals surface area contributed by atoms with Gasteiger partial charge in [-0.25, -0.2) is 0 Å². The first kappa shape index (κ1) is 10.7. The van der Waals surface area contributed by atoms with Gasteiger partial charge in [-0.2, -0.15) is 0 Å². The Morgan fingerprint density at radius 2 is 1.17 bits per heavy atom. The molecule has 6 heavy (non-hydrogen) atoms. The van der Waals surface area contributed by atoms with E-state index in [-0.39, 0.29) is 51.4 Å². The Balaban J connectivity index is 0. The van der Waals surface area contributed by atoms with Crippen LogP contribution in [-0.2, 0) is 0 Å². The molecule has 0 aliphatic heterocycles. The quantitative estimate of drug-likeness (QED) is 0.369. The Labute approximate surface area is 82.7 Å². The van der Waals surface area contributed by atoms with Gasteiger partial charge in [-0.3, -0.25) is 0 Å². The fourth-order valence-electron chi connectivity index (χ4n) is 0. The van der Waals surface area contributed by atoms with Gasteiger partial charge in [-0.1, -0.05) is 0 Å². The molecule has 0 heterocycles. The van der Waals surface area contributed by atoms with Crippen molar-refractivity contribution in [1.29, 1.82) is 0 Å². The SMILES string of the molecule is C[Si](C)(C)O.[K+]. The largest absolute Gasteiger partial charge is 1.00 e. The minimum Gasteiger partial charge on any atom is -0.433 e. The molecule has 0 fully saturated rings. The maximum atomic E-state index is 8.66. The van der Waals surface area contributed by atoms with Gasteiger partial charge in [0, 0.05) is 0 Å². The first-order valence-corrected chi connectivity index (χ1v) is 5.17. The van der Waals surface area contributed by atoms with Gasteiger partial charge in [0.15, 0.2) is 8.32 Å². The molecule has 0 saturated heterocycles. The topological polar surface area (TPSA) is 20.2 Å². The molecule has 0 radical (unpaired) electrons. The minimum atomic E-state index is -1.61. The van der Waals surface area contributed by atoms with Gasteiger partial charge in [0.05, 0.1) is 0 Å². The molecule has 1 nitrogen and oxygen atoms in total. The van der Waals surface area contributed by atoms with Crippen LogP contribution in [0.4, 0.5) is 0 Å². The Morgan fingerprint density at radius 3 is 1.17 bits per heavy atom. The second-order valence-electron chi connectivity index (χ2n) is 2.17. The summed E-state index contributed by atoms with van der Waals surface area (Å²) >= 11 is 0. The van der Waals surface area contributed by atoms with Gasteiger partial charge in [0.2, 0.25) is 0 Å². The molecule has 0 unspecified atom stereocenters. The second-order valence-corrected chi connectivity index (χ2v) is 6.51. The molecular weight excluding hydrogens is 119 g/mol. The molecular formula is C3H10KOSi+. The molecule has 0 aromatic heterocycles. The summed E-state index contributed by atoms with van der Waals surface area (Å²) in [5.74, 6) is 0. The van der Waals surface area contributed by atoms with Gasteiger partial charge >= 0.3 is 51.4 Å². The third-order valence-corrected chi connectivity index (χ3v) is 0. The van der Waals surface area contributed by atoms with Crippen molar-refractivity contribution in [1.82, 2.24) is 0 Å². The summed E-state index contributed by atoms with van der Waals surface area (Å²) in [6.07, 6.45) is 0. The van der Waals surface area contributed by atoms with Gasteiger partial charge in [0.25, 0.3) is 0 Å². The first-order valence-electron chi connectivity index (χ1n) is 1.72. The van der Waals surface area contributed by atoms with Gasteiger partial charge in [-0.05, 0) is 19.6 Å². The maximum absolute atomic E-state index is 8.66. The summed E-state index contributed by atoms with van der Waals surface area (Å²) in [6.45, 7) is 5.65. The van der Waals surface area contributed by atoms with Gasteiger partial charge in [0.1, 0.15) is 0 Å². The van der Waals surface area contributed by atoms with E-state index >= 15 is 0 Å². The van der Waals surface area contributed by atoms with E-state index in [1.165, 1.54) is 0 Å². The molecule has 0 spiro atoms. The molecule has 0 rings (SSSR count). The zero-order valence-electron chi connectivity index (χ0n) is 4.95. The third-order valence-electron chi connectivity index (χ3n) is 0. The van der Waals surface area contributed by atoms with E-state index in [9.17, 15) is 0 Å². The summed E-state index contributed by atoms with van der Waals surface area (Å²) in [5, 5.41) is 0. The van der Waals surface area contributed by atoms with Crippen LogP contribution in [0.15, 0.2) is 0 Å². The average Bonchev–Trinajstić information content (AvgIpc) is 0.722. The minimum absolute atomic E-state index is 0. The summed E-state index contributed by atoms with van der Waals surface area (Å²) in [5.41, 5.74) is 0. The van der Waals surface area contributed by atoms with E-state index in [1.54, 1.807) is 0 Å². The molecule has 0 atom stereocenters. The van der Waals surface area contributed by atoms with E-state index < -0.39 is 8.32 Å². The van der Waals surface area contributed by atoms with E-state index in [0.717, 1.165) is 0 Å². The van der Waals surface area contributed by atoms with E-state index in [4.69, 9.17) is 4.80 Å². The van der Waals surface area contributed by atoms with Crippen LogP contribution in [0.3, 0.4) is 0 Å². The molecule has 0 amide bonds. The van der Waals surface area contributed by atoms with Crippen molar-refractivity contribution in [2.75, 3.05) is 0 Å². The van der Waals surface area contributed by atoms with Crippen molar-refractivity contribution >= 4 is 8.32 Å². The van der Waals surface area contributed by atoms with Crippen LogP contribution in [-0.4, -0.2) is 13.1 Å². The molecule has 0 aliphatic rings. The number of hydrogen-bond acceptors (Lipinski definition) is 1. The molecule has 32 valence electrons. The molecule has 0 aliphatic carbocycles. The molecule has 1 N–H and O–H groups in total. The fraction of sp³-hybridized carbons (Fsp3) is 1.00. The predicted octanol–water partition coefficient (Wildman–Crippen LogP) is -2.18. The fourth-order valence-corrected chi connectivity index (χ4v) is 0. The Bertz CT molecular complexity index is 26.3. The van der Waals surface area contributed by atoms with Crippen LogP contribution in [0.25, 0.3) is 0 Å². The van der Waals surface area contributed by atoms with Crippen molar-refractivity contribution in [3.63, 3.8) is 0 Å². The Morgan fingerprint density at radius 1 is 1.17 bits per heavy atom. The zero-order chi connectivity index (χ0) is 4.50. The third kappa shape index (κ3) is 41.0. The Kier molecular flexibility index (Phi) is 6.75. The smallest absolute Gasteiger partial charge is 0.433 e. The van der Waals surface area contributed by atoms with E-state index in [2.05, 4.69) is 0 Å².